The van der Waals surface area contributed by atoms with E-state index in [-0.39, 0.29) is 45.8 Å². The molecule has 8 aromatic carbocycles. The van der Waals surface area contributed by atoms with Gasteiger partial charge in [-0.3, -0.25) is 4.57 Å². The van der Waals surface area contributed by atoms with Gasteiger partial charge in [0.05, 0.1) is 54.0 Å². The third kappa shape index (κ3) is 7.46. The van der Waals surface area contributed by atoms with Gasteiger partial charge in [-0.05, 0) is 129 Å². The predicted octanol–water partition coefficient (Wildman–Crippen LogP) is 18.6. The zero-order valence-electron chi connectivity index (χ0n) is 81.2. The molecule has 0 saturated carbocycles. The highest BCUT2D eigenvalue weighted by molar-refractivity contribution is 6.12. The Balaban J connectivity index is 1.16. The molecule has 382 valence electrons. The standard InChI is InChI=1S/C71H67N5O/c1-68(2)34-36-70(5,6)58-38-45(28-32-56(58)68)50-22-17-23-51(46-29-33-57-59(39-46)71(7,8)37-35-69(57,3)4)67(50)76-61-25-13-11-21-53(61)55-43-72-66(42-65(55)76)75-60-24-12-10-20-52(60)54-31-30-49(41-64(54)75)77-48-19-16-18-47(40-48)74-44-73(9)62-26-14-15-27-63(62)74/h10-33,38-43H,34-37,44H2,1-9H3/i1D3,2D3,3D3,4D3,5D3,6D3,7D3,8D3,9D3,28D,29D,32D,33D,34D2,35D2,36D2,37D2,38D,39D. The van der Waals surface area contributed by atoms with Crippen molar-refractivity contribution in [1.82, 2.24) is 14.1 Å². The van der Waals surface area contributed by atoms with E-state index < -0.39 is 195 Å². The first kappa shape index (κ1) is 21.0. The van der Waals surface area contributed by atoms with Gasteiger partial charge in [0, 0.05) is 118 Å². The second kappa shape index (κ2) is 17.0. The van der Waals surface area contributed by atoms with E-state index in [1.165, 1.54) is 46.0 Å². The summed E-state index contributed by atoms with van der Waals surface area (Å²) in [7, 11) is 0. The number of para-hydroxylation sites is 5. The highest BCUT2D eigenvalue weighted by Crippen LogP contribution is 2.51. The highest BCUT2D eigenvalue weighted by atomic mass is 16.5. The Morgan fingerprint density at radius 2 is 1.04 bits per heavy atom. The number of benzene rings is 8. The maximum atomic E-state index is 10.6. The van der Waals surface area contributed by atoms with Crippen LogP contribution in [0.15, 0.2) is 182 Å². The summed E-state index contributed by atoms with van der Waals surface area (Å²) in [5.41, 5.74) is -29.6. The molecule has 0 N–H and O–H groups in total. The lowest BCUT2D eigenvalue weighted by atomic mass is 9.62. The molecule has 0 atom stereocenters. The first-order valence-corrected chi connectivity index (χ1v) is 24.2. The minimum absolute atomic E-state index is 0.0359. The first-order valence-electron chi connectivity index (χ1n) is 44.7. The Morgan fingerprint density at radius 3 is 1.69 bits per heavy atom. The van der Waals surface area contributed by atoms with Gasteiger partial charge >= 0.3 is 0 Å². The minimum atomic E-state index is -4.87. The number of aromatic nitrogens is 3. The molecule has 4 heterocycles. The fourth-order valence-electron chi connectivity index (χ4n) is 10.8. The number of rotatable bonds is 7. The Kier molecular flexibility index (Phi) is 4.63. The van der Waals surface area contributed by atoms with E-state index in [1.807, 2.05) is 0 Å². The summed E-state index contributed by atoms with van der Waals surface area (Å²) < 4.78 is 390. The van der Waals surface area contributed by atoms with Crippen LogP contribution in [0, 0.1) is 0 Å². The average Bonchev–Trinajstić information content (AvgIpc) is 0.739. The van der Waals surface area contributed by atoms with Crippen molar-refractivity contribution in [2.24, 2.45) is 0 Å². The van der Waals surface area contributed by atoms with Gasteiger partial charge in [0.15, 0.2) is 0 Å². The summed E-state index contributed by atoms with van der Waals surface area (Å²) in [5, 5.41) is 1.38. The van der Waals surface area contributed by atoms with E-state index >= 15 is 0 Å². The van der Waals surface area contributed by atoms with Gasteiger partial charge in [-0.25, -0.2) is 4.98 Å². The van der Waals surface area contributed by atoms with Crippen LogP contribution < -0.4 is 14.5 Å². The van der Waals surface area contributed by atoms with Gasteiger partial charge < -0.3 is 19.1 Å². The number of ether oxygens (including phenoxy) is 1. The molecule has 11 aromatic rings. The molecule has 0 radical (unpaired) electrons. The number of nitrogens with zero attached hydrogens (tertiary/aromatic N) is 5. The molecule has 0 spiro atoms. The van der Waals surface area contributed by atoms with Crippen LogP contribution in [-0.2, 0) is 21.7 Å². The zero-order chi connectivity index (χ0) is 87.6. The van der Waals surface area contributed by atoms with Crippen LogP contribution >= 0.6 is 0 Å². The van der Waals surface area contributed by atoms with Gasteiger partial charge in [0.1, 0.15) is 17.3 Å². The predicted molar refractivity (Wildman–Crippen MR) is 323 cm³/mol. The quantitative estimate of drug-likeness (QED) is 0.159. The van der Waals surface area contributed by atoms with Crippen LogP contribution in [0.3, 0.4) is 0 Å². The molecule has 1 aliphatic heterocycles. The molecule has 6 nitrogen and oxygen atoms in total. The van der Waals surface area contributed by atoms with Crippen molar-refractivity contribution in [2.75, 3.05) is 23.4 Å². The second-order valence-corrected chi connectivity index (χ2v) is 19.2. The van der Waals surface area contributed by atoms with Crippen molar-refractivity contribution in [3.63, 3.8) is 0 Å². The van der Waals surface area contributed by atoms with Crippen molar-refractivity contribution in [3.05, 3.63) is 204 Å². The van der Waals surface area contributed by atoms with Crippen molar-refractivity contribution in [2.45, 2.75) is 102 Å². The number of hydrogen-bond acceptors (Lipinski definition) is 4. The molecule has 3 aliphatic rings. The van der Waals surface area contributed by atoms with E-state index in [4.69, 9.17) is 46.7 Å². The largest absolute Gasteiger partial charge is 0.457 e. The van der Waals surface area contributed by atoms with Crippen LogP contribution in [0.5, 0.6) is 11.5 Å². The number of fused-ring (bicyclic) bond motifs is 9. The van der Waals surface area contributed by atoms with Gasteiger partial charge in [0.25, 0.3) is 0 Å². The molecule has 0 amide bonds. The third-order valence-corrected chi connectivity index (χ3v) is 14.3. The van der Waals surface area contributed by atoms with E-state index in [1.54, 1.807) is 100 Å². The van der Waals surface area contributed by atoms with Crippen molar-refractivity contribution in [3.8, 4) is 45.3 Å². The summed E-state index contributed by atoms with van der Waals surface area (Å²) >= 11 is 0. The molecular formula is C71H67N5O. The zero-order valence-corrected chi connectivity index (χ0v) is 40.2. The number of pyridine rings is 1. The molecule has 6 heteroatoms. The summed E-state index contributed by atoms with van der Waals surface area (Å²) in [5.74, 6) is 0.452. The third-order valence-electron chi connectivity index (χ3n) is 14.3. The van der Waals surface area contributed by atoms with E-state index in [0.29, 0.717) is 38.9 Å². The second-order valence-electron chi connectivity index (χ2n) is 19.2. The lowest BCUT2D eigenvalue weighted by Crippen LogP contribution is -2.33. The fourth-order valence-corrected chi connectivity index (χ4v) is 10.8. The molecule has 77 heavy (non-hydrogen) atoms. The number of anilines is 3. The van der Waals surface area contributed by atoms with E-state index in [0.717, 1.165) is 18.2 Å². The van der Waals surface area contributed by atoms with E-state index in [2.05, 4.69) is 0 Å². The van der Waals surface area contributed by atoms with Crippen molar-refractivity contribution >= 4 is 60.7 Å². The van der Waals surface area contributed by atoms with Gasteiger partial charge in [-0.15, -0.1) is 0 Å². The summed E-state index contributed by atoms with van der Waals surface area (Å²) in [6.07, 6.45) is -18.0. The lowest BCUT2D eigenvalue weighted by molar-refractivity contribution is 0.332. The van der Waals surface area contributed by atoms with Crippen LogP contribution in [0.1, 0.15) is 159 Å². The number of hydrogen-bond donors (Lipinski definition) is 0. The molecule has 0 fully saturated rings. The average molecular weight is 1050 g/mol. The van der Waals surface area contributed by atoms with Crippen LogP contribution in [0.4, 0.5) is 17.1 Å². The Labute approximate surface area is 510 Å². The maximum Gasteiger partial charge on any atom is 0.139 e. The molecule has 3 aromatic heterocycles. The SMILES string of the molecule is [2H]c1c([2H])c2c(c([2H])c1-c1cccc(-c3c([2H])c([2H])c4c(c3[2H])C(C([2H])([2H])[2H])(C([2H])([2H])[2H])C([2H])([2H])C([2H])([2H])C4(C([2H])([2H])[2H])C([2H])([2H])[2H])c1-n1c3ccccc3c3cnc(-n4c5ccccc5c5ccc(Oc6cccc(N7CN(C([2H])([2H])[2H])c8ccccc87)c6)cc54)cc31)C(C([2H])([2H])[2H])(C([2H])([2H])[2H])C([2H])([2H])C([2H])([2H])C2(C([2H])([2H])[2H])C([2H])([2H])[2H]. The Hall–Kier alpha value is -8.09. The van der Waals surface area contributed by atoms with Crippen molar-refractivity contribution in [1.29, 1.82) is 0 Å². The first-order chi connectivity index (χ1) is 53.9. The Morgan fingerprint density at radius 1 is 0.494 bits per heavy atom. The monoisotopic (exact) mass is 1050 g/mol. The lowest BCUT2D eigenvalue weighted by Gasteiger charge is -2.42. The fraction of sp³-hybridized carbons (Fsp3) is 0.254. The minimum Gasteiger partial charge on any atom is -0.457 e. The van der Waals surface area contributed by atoms with Crippen LogP contribution in [0.25, 0.3) is 77.4 Å². The molecular weight excluding hydrogens is 939 g/mol. The summed E-state index contributed by atoms with van der Waals surface area (Å²) in [6, 6.07) is 25.2. The van der Waals surface area contributed by atoms with Crippen LogP contribution in [-0.4, -0.2) is 27.8 Å². The van der Waals surface area contributed by atoms with E-state index in [9.17, 15) is 19.2 Å². The molecule has 2 aliphatic carbocycles. The van der Waals surface area contributed by atoms with Gasteiger partial charge in [-0.2, -0.15) is 0 Å². The van der Waals surface area contributed by atoms with Gasteiger partial charge in [-0.1, -0.05) is 164 Å². The normalized spacial score (nSPS) is 28.9. The molecule has 14 rings (SSSR count). The summed E-state index contributed by atoms with van der Waals surface area (Å²) in [6.45, 7) is -39.1. The topological polar surface area (TPSA) is 38.5 Å². The van der Waals surface area contributed by atoms with Gasteiger partial charge in [0.2, 0.25) is 0 Å². The molecule has 0 unspecified atom stereocenters. The molecule has 0 saturated heterocycles. The molecule has 0 bridgehead atoms. The summed E-state index contributed by atoms with van der Waals surface area (Å²) in [4.78, 5) is 8.06. The highest BCUT2D eigenvalue weighted by Gasteiger charge is 2.39. The Bertz CT molecular complexity index is 5780. The van der Waals surface area contributed by atoms with Crippen LogP contribution in [0.2, 0.25) is 0 Å². The smallest absolute Gasteiger partial charge is 0.139 e. The van der Waals surface area contributed by atoms with Crippen molar-refractivity contribution < 1.29 is 60.9 Å². The maximum absolute atomic E-state index is 10.6.